The maximum Gasteiger partial charge on any atom is 0.192 e. The van der Waals surface area contributed by atoms with Crippen molar-refractivity contribution in [2.24, 2.45) is 5.92 Å². The first-order valence-corrected chi connectivity index (χ1v) is 12.2. The average molecular weight is 359 g/mol. The predicted octanol–water partition coefficient (Wildman–Crippen LogP) is 5.52. The molecule has 0 aliphatic heterocycles. The summed E-state index contributed by atoms with van der Waals surface area (Å²) in [4.78, 5) is 12.6. The van der Waals surface area contributed by atoms with Crippen molar-refractivity contribution < 1.29 is 14.0 Å². The van der Waals surface area contributed by atoms with Gasteiger partial charge in [0.05, 0.1) is 13.2 Å². The van der Waals surface area contributed by atoms with Crippen molar-refractivity contribution in [3.8, 4) is 5.75 Å². The molecule has 1 fully saturated rings. The number of Topliss-reactive ketones (excluding diaryl/α,β-unsaturated/α-hetero) is 1. The van der Waals surface area contributed by atoms with E-state index < -0.39 is 8.32 Å². The molecule has 136 valence electrons. The molecule has 0 saturated heterocycles. The van der Waals surface area contributed by atoms with E-state index in [0.717, 1.165) is 29.7 Å². The molecule has 2 aliphatic carbocycles. The predicted molar refractivity (Wildman–Crippen MR) is 104 cm³/mol. The molecule has 1 aromatic carbocycles. The minimum absolute atomic E-state index is 0.0461. The highest BCUT2D eigenvalue weighted by atomic mass is 28.4. The second-order valence-corrected chi connectivity index (χ2v) is 13.5. The standard InChI is InChI=1S/C21H30O3Si/c1-21(2,3)25(5,6)24-20-14-9-7-11-18(22)16(14)13-17-15(20)10-8-12-19(17)23-4/h8,10,12-14,20H,7,9,11H2,1-6H3/t14-,20-/m0/s1. The smallest absolute Gasteiger partial charge is 0.192 e. The van der Waals surface area contributed by atoms with E-state index in [2.05, 4.69) is 46.0 Å². The Labute approximate surface area is 152 Å². The highest BCUT2D eigenvalue weighted by Gasteiger charge is 2.45. The van der Waals surface area contributed by atoms with Crippen LogP contribution in [0.5, 0.6) is 5.75 Å². The lowest BCUT2D eigenvalue weighted by Gasteiger charge is -2.44. The molecule has 3 nitrogen and oxygen atoms in total. The van der Waals surface area contributed by atoms with Gasteiger partial charge in [-0.15, -0.1) is 0 Å². The minimum Gasteiger partial charge on any atom is -0.496 e. The largest absolute Gasteiger partial charge is 0.496 e. The average Bonchev–Trinajstić information content (AvgIpc) is 2.54. The van der Waals surface area contributed by atoms with Gasteiger partial charge in [0, 0.05) is 23.5 Å². The minimum atomic E-state index is -1.97. The van der Waals surface area contributed by atoms with Crippen molar-refractivity contribution >= 4 is 20.2 Å². The van der Waals surface area contributed by atoms with E-state index in [-0.39, 0.29) is 22.8 Å². The van der Waals surface area contributed by atoms with Crippen molar-refractivity contribution in [3.63, 3.8) is 0 Å². The molecule has 0 heterocycles. The van der Waals surface area contributed by atoms with Gasteiger partial charge in [0.15, 0.2) is 14.1 Å². The van der Waals surface area contributed by atoms with Gasteiger partial charge in [-0.25, -0.2) is 0 Å². The van der Waals surface area contributed by atoms with Crippen molar-refractivity contribution in [2.45, 2.75) is 64.3 Å². The Morgan fingerprint density at radius 2 is 1.92 bits per heavy atom. The third-order valence-electron chi connectivity index (χ3n) is 6.16. The van der Waals surface area contributed by atoms with Crippen LogP contribution in [0.3, 0.4) is 0 Å². The van der Waals surface area contributed by atoms with Crippen LogP contribution >= 0.6 is 0 Å². The first-order valence-electron chi connectivity index (χ1n) is 9.25. The lowest BCUT2D eigenvalue weighted by atomic mass is 9.73. The third kappa shape index (κ3) is 3.22. The second-order valence-electron chi connectivity index (χ2n) is 8.78. The summed E-state index contributed by atoms with van der Waals surface area (Å²) in [5.41, 5.74) is 3.13. The maximum atomic E-state index is 12.6. The zero-order valence-corrected chi connectivity index (χ0v) is 17.3. The number of ether oxygens (including phenoxy) is 1. The van der Waals surface area contributed by atoms with Gasteiger partial charge in [0.25, 0.3) is 0 Å². The number of rotatable bonds is 3. The molecule has 1 saturated carbocycles. The maximum absolute atomic E-state index is 12.6. The van der Waals surface area contributed by atoms with Crippen LogP contribution in [0.25, 0.3) is 6.08 Å². The van der Waals surface area contributed by atoms with E-state index in [0.29, 0.717) is 6.42 Å². The van der Waals surface area contributed by atoms with Crippen molar-refractivity contribution in [3.05, 3.63) is 34.9 Å². The van der Waals surface area contributed by atoms with E-state index in [4.69, 9.17) is 9.16 Å². The SMILES string of the molecule is COc1cccc2c1C=C1C(=O)CCC[C@@H]1[C@@H]2O[Si](C)(C)C(C)(C)C. The van der Waals surface area contributed by atoms with Crippen LogP contribution in [0.15, 0.2) is 23.8 Å². The van der Waals surface area contributed by atoms with E-state index in [1.807, 2.05) is 12.1 Å². The van der Waals surface area contributed by atoms with Gasteiger partial charge in [-0.3, -0.25) is 4.79 Å². The molecule has 0 unspecified atom stereocenters. The normalized spacial score (nSPS) is 23.6. The monoisotopic (exact) mass is 358 g/mol. The van der Waals surface area contributed by atoms with Gasteiger partial charge >= 0.3 is 0 Å². The fourth-order valence-corrected chi connectivity index (χ4v) is 4.92. The molecule has 0 aromatic heterocycles. The van der Waals surface area contributed by atoms with E-state index in [1.165, 1.54) is 5.56 Å². The topological polar surface area (TPSA) is 35.5 Å². The van der Waals surface area contributed by atoms with Crippen molar-refractivity contribution in [1.29, 1.82) is 0 Å². The fraction of sp³-hybridized carbons (Fsp3) is 0.571. The molecule has 2 aliphatic rings. The zero-order valence-electron chi connectivity index (χ0n) is 16.3. The van der Waals surface area contributed by atoms with Gasteiger partial charge in [-0.05, 0) is 48.7 Å². The Bertz CT molecular complexity index is 712. The molecule has 25 heavy (non-hydrogen) atoms. The fourth-order valence-electron chi connectivity index (χ4n) is 3.64. The first-order chi connectivity index (χ1) is 11.7. The summed E-state index contributed by atoms with van der Waals surface area (Å²) in [5.74, 6) is 1.28. The highest BCUT2D eigenvalue weighted by molar-refractivity contribution is 6.74. The summed E-state index contributed by atoms with van der Waals surface area (Å²) in [6, 6.07) is 6.14. The summed E-state index contributed by atoms with van der Waals surface area (Å²) in [5, 5.41) is 0.131. The van der Waals surface area contributed by atoms with Gasteiger partial charge in [0.2, 0.25) is 0 Å². The first kappa shape index (κ1) is 18.4. The molecule has 0 amide bonds. The molecular formula is C21H30O3Si. The molecule has 4 heteroatoms. The van der Waals surface area contributed by atoms with Crippen LogP contribution < -0.4 is 4.74 Å². The summed E-state index contributed by atoms with van der Waals surface area (Å²) >= 11 is 0. The Hall–Kier alpha value is -1.39. The van der Waals surface area contributed by atoms with Crippen LogP contribution in [0.2, 0.25) is 18.1 Å². The number of fused-ring (bicyclic) bond motifs is 2. The summed E-state index contributed by atoms with van der Waals surface area (Å²) in [6.07, 6.45) is 4.64. The number of hydrogen-bond donors (Lipinski definition) is 0. The molecule has 1 aromatic rings. The number of methoxy groups -OCH3 is 1. The lowest BCUT2D eigenvalue weighted by Crippen LogP contribution is -2.44. The number of hydrogen-bond acceptors (Lipinski definition) is 3. The van der Waals surface area contributed by atoms with Crippen LogP contribution in [0.1, 0.15) is 57.3 Å². The Morgan fingerprint density at radius 3 is 2.56 bits per heavy atom. The number of carbonyl (C=O) groups is 1. The lowest BCUT2D eigenvalue weighted by molar-refractivity contribution is -0.117. The number of carbonyl (C=O) groups excluding carboxylic acids is 1. The summed E-state index contributed by atoms with van der Waals surface area (Å²) in [7, 11) is -0.279. The highest BCUT2D eigenvalue weighted by Crippen LogP contribution is 2.50. The quantitative estimate of drug-likeness (QED) is 0.667. The van der Waals surface area contributed by atoms with Crippen molar-refractivity contribution in [2.75, 3.05) is 7.11 Å². The van der Waals surface area contributed by atoms with Crippen LogP contribution in [-0.4, -0.2) is 21.2 Å². The number of ketones is 1. The third-order valence-corrected chi connectivity index (χ3v) is 10.6. The van der Waals surface area contributed by atoms with Gasteiger partial charge in [0.1, 0.15) is 5.75 Å². The second kappa shape index (κ2) is 6.40. The summed E-state index contributed by atoms with van der Waals surface area (Å²) < 4.78 is 12.5. The van der Waals surface area contributed by atoms with Crippen LogP contribution in [0, 0.1) is 5.92 Å². The molecule has 3 rings (SSSR count). The molecule has 0 spiro atoms. The molecular weight excluding hydrogens is 328 g/mol. The molecule has 0 N–H and O–H groups in total. The Balaban J connectivity index is 2.11. The van der Waals surface area contributed by atoms with E-state index >= 15 is 0 Å². The zero-order chi connectivity index (χ0) is 18.4. The van der Waals surface area contributed by atoms with E-state index in [1.54, 1.807) is 7.11 Å². The number of benzene rings is 1. The van der Waals surface area contributed by atoms with Gasteiger partial charge < -0.3 is 9.16 Å². The van der Waals surface area contributed by atoms with Gasteiger partial charge in [-0.2, -0.15) is 0 Å². The van der Waals surface area contributed by atoms with Crippen LogP contribution in [0.4, 0.5) is 0 Å². The Kier molecular flexibility index (Phi) is 4.71. The van der Waals surface area contributed by atoms with Crippen molar-refractivity contribution in [1.82, 2.24) is 0 Å². The molecule has 0 radical (unpaired) electrons. The summed E-state index contributed by atoms with van der Waals surface area (Å²) in [6.45, 7) is 11.4. The molecule has 0 bridgehead atoms. The van der Waals surface area contributed by atoms with Crippen LogP contribution in [-0.2, 0) is 9.22 Å². The van der Waals surface area contributed by atoms with Gasteiger partial charge in [-0.1, -0.05) is 32.9 Å². The Morgan fingerprint density at radius 1 is 1.20 bits per heavy atom. The van der Waals surface area contributed by atoms with E-state index in [9.17, 15) is 4.79 Å². The molecule has 2 atom stereocenters.